The number of rotatable bonds is 11. The van der Waals surface area contributed by atoms with Gasteiger partial charge in [-0.3, -0.25) is 9.78 Å². The normalized spacial score (nSPS) is 10.7. The quantitative estimate of drug-likeness (QED) is 0.617. The molecule has 0 aliphatic carbocycles. The van der Waals surface area contributed by atoms with Gasteiger partial charge in [0.25, 0.3) is 0 Å². The zero-order valence-corrected chi connectivity index (χ0v) is 13.7. The van der Waals surface area contributed by atoms with Gasteiger partial charge in [-0.25, -0.2) is 0 Å². The number of nitrogens with zero attached hydrogens (tertiary/aromatic N) is 3. The average Bonchev–Trinajstić information content (AvgIpc) is 3.09. The molecule has 0 aliphatic heterocycles. The molecule has 1 N–H and O–H groups in total. The van der Waals surface area contributed by atoms with Crippen LogP contribution in [0.4, 0.5) is 0 Å². The second-order valence-corrected chi connectivity index (χ2v) is 5.06. The van der Waals surface area contributed by atoms with Crippen molar-refractivity contribution in [3.63, 3.8) is 0 Å². The van der Waals surface area contributed by atoms with Crippen molar-refractivity contribution in [2.24, 2.45) is 0 Å². The van der Waals surface area contributed by atoms with Gasteiger partial charge < -0.3 is 19.3 Å². The van der Waals surface area contributed by atoms with E-state index in [2.05, 4.69) is 20.4 Å². The molecule has 0 aromatic carbocycles. The predicted molar refractivity (Wildman–Crippen MR) is 86.2 cm³/mol. The smallest absolute Gasteiger partial charge is 0.227 e. The Hall–Kier alpha value is -2.32. The minimum Gasteiger partial charge on any atom is -0.382 e. The van der Waals surface area contributed by atoms with Crippen LogP contribution in [0.1, 0.15) is 18.7 Å². The van der Waals surface area contributed by atoms with Crippen LogP contribution in [-0.4, -0.2) is 54.5 Å². The average molecular weight is 334 g/mol. The van der Waals surface area contributed by atoms with Gasteiger partial charge >= 0.3 is 0 Å². The van der Waals surface area contributed by atoms with E-state index in [9.17, 15) is 4.79 Å². The molecule has 0 saturated heterocycles. The molecular formula is C16H22N4O4. The van der Waals surface area contributed by atoms with Gasteiger partial charge in [-0.15, -0.1) is 0 Å². The Morgan fingerprint density at radius 1 is 1.33 bits per heavy atom. The van der Waals surface area contributed by atoms with Crippen molar-refractivity contribution in [1.29, 1.82) is 0 Å². The van der Waals surface area contributed by atoms with Crippen molar-refractivity contribution in [3.8, 4) is 11.4 Å². The summed E-state index contributed by atoms with van der Waals surface area (Å²) in [6.07, 6.45) is 4.82. The van der Waals surface area contributed by atoms with Crippen LogP contribution in [0.2, 0.25) is 0 Å². The van der Waals surface area contributed by atoms with Gasteiger partial charge in [0.15, 0.2) is 0 Å². The molecule has 0 atom stereocenters. The van der Waals surface area contributed by atoms with E-state index < -0.39 is 0 Å². The Kier molecular flexibility index (Phi) is 7.85. The lowest BCUT2D eigenvalue weighted by molar-refractivity contribution is -0.121. The number of carbonyl (C=O) groups excluding carboxylic acids is 1. The standard InChI is InChI=1S/C16H22N4O4/c1-22-10-11-23-9-3-8-18-14(21)5-6-15-19-16(20-24-15)13-4-2-7-17-12-13/h2,4,7,12H,3,5-6,8-11H2,1H3,(H,18,21). The van der Waals surface area contributed by atoms with Gasteiger partial charge in [-0.2, -0.15) is 4.98 Å². The topological polar surface area (TPSA) is 99.4 Å². The van der Waals surface area contributed by atoms with Crippen LogP contribution in [0.5, 0.6) is 0 Å². The molecule has 0 bridgehead atoms. The number of nitrogens with one attached hydrogen (secondary N) is 1. The Labute approximate surface area is 140 Å². The maximum atomic E-state index is 11.8. The van der Waals surface area contributed by atoms with Crippen molar-refractivity contribution in [3.05, 3.63) is 30.4 Å². The monoisotopic (exact) mass is 334 g/mol. The van der Waals surface area contributed by atoms with Crippen LogP contribution in [0.15, 0.2) is 29.0 Å². The molecule has 0 saturated carbocycles. The third-order valence-electron chi connectivity index (χ3n) is 3.17. The lowest BCUT2D eigenvalue weighted by Crippen LogP contribution is -2.25. The third-order valence-corrected chi connectivity index (χ3v) is 3.17. The largest absolute Gasteiger partial charge is 0.382 e. The first-order valence-electron chi connectivity index (χ1n) is 7.86. The fourth-order valence-electron chi connectivity index (χ4n) is 1.92. The number of aryl methyl sites for hydroxylation is 1. The third kappa shape index (κ3) is 6.43. The van der Waals surface area contributed by atoms with Crippen molar-refractivity contribution in [1.82, 2.24) is 20.4 Å². The van der Waals surface area contributed by atoms with Crippen LogP contribution in [-0.2, 0) is 20.7 Å². The van der Waals surface area contributed by atoms with Crippen molar-refractivity contribution < 1.29 is 18.8 Å². The summed E-state index contributed by atoms with van der Waals surface area (Å²) in [5.41, 5.74) is 0.783. The van der Waals surface area contributed by atoms with Crippen molar-refractivity contribution in [2.45, 2.75) is 19.3 Å². The molecular weight excluding hydrogens is 312 g/mol. The van der Waals surface area contributed by atoms with Crippen LogP contribution in [0, 0.1) is 0 Å². The van der Waals surface area contributed by atoms with Crippen molar-refractivity contribution >= 4 is 5.91 Å². The highest BCUT2D eigenvalue weighted by molar-refractivity contribution is 5.75. The summed E-state index contributed by atoms with van der Waals surface area (Å²) >= 11 is 0. The molecule has 8 heteroatoms. The fourth-order valence-corrected chi connectivity index (χ4v) is 1.92. The van der Waals surface area contributed by atoms with Gasteiger partial charge in [0, 0.05) is 51.1 Å². The van der Waals surface area contributed by atoms with Gasteiger partial charge in [0.05, 0.1) is 13.2 Å². The molecule has 0 aliphatic rings. The van der Waals surface area contributed by atoms with Gasteiger partial charge in [-0.05, 0) is 18.6 Å². The van der Waals surface area contributed by atoms with Crippen LogP contribution < -0.4 is 5.32 Å². The molecule has 8 nitrogen and oxygen atoms in total. The van der Waals surface area contributed by atoms with E-state index in [4.69, 9.17) is 14.0 Å². The Bertz CT molecular complexity index is 603. The number of methoxy groups -OCH3 is 1. The predicted octanol–water partition coefficient (Wildman–Crippen LogP) is 1.23. The second kappa shape index (κ2) is 10.5. The molecule has 0 unspecified atom stereocenters. The van der Waals surface area contributed by atoms with E-state index in [1.165, 1.54) is 0 Å². The van der Waals surface area contributed by atoms with E-state index in [1.54, 1.807) is 25.6 Å². The molecule has 0 fully saturated rings. The lowest BCUT2D eigenvalue weighted by atomic mass is 10.2. The molecule has 0 radical (unpaired) electrons. The maximum absolute atomic E-state index is 11.8. The highest BCUT2D eigenvalue weighted by Gasteiger charge is 2.10. The molecule has 2 aromatic rings. The Balaban J connectivity index is 1.61. The van der Waals surface area contributed by atoms with Crippen LogP contribution in [0.25, 0.3) is 11.4 Å². The minimum absolute atomic E-state index is 0.0481. The first-order chi connectivity index (χ1) is 11.8. The number of ether oxygens (including phenoxy) is 2. The van der Waals surface area contributed by atoms with Gasteiger partial charge in [0.2, 0.25) is 17.6 Å². The summed E-state index contributed by atoms with van der Waals surface area (Å²) in [7, 11) is 1.63. The Morgan fingerprint density at radius 3 is 3.04 bits per heavy atom. The van der Waals surface area contributed by atoms with Crippen molar-refractivity contribution in [2.75, 3.05) is 33.5 Å². The SMILES string of the molecule is COCCOCCCNC(=O)CCc1nc(-c2cccnc2)no1. The molecule has 2 heterocycles. The van der Waals surface area contributed by atoms with E-state index in [-0.39, 0.29) is 5.91 Å². The fraction of sp³-hybridized carbons (Fsp3) is 0.500. The van der Waals surface area contributed by atoms with Crippen LogP contribution in [0.3, 0.4) is 0 Å². The summed E-state index contributed by atoms with van der Waals surface area (Å²) in [5.74, 6) is 0.867. The van der Waals surface area contributed by atoms with E-state index in [1.807, 2.05) is 6.07 Å². The summed E-state index contributed by atoms with van der Waals surface area (Å²) < 4.78 is 15.3. The van der Waals surface area contributed by atoms with E-state index >= 15 is 0 Å². The first kappa shape index (κ1) is 18.0. The summed E-state index contributed by atoms with van der Waals surface area (Å²) in [6.45, 7) is 2.33. The molecule has 2 aromatic heterocycles. The van der Waals surface area contributed by atoms with Gasteiger partial charge in [0.1, 0.15) is 0 Å². The highest BCUT2D eigenvalue weighted by atomic mass is 16.5. The number of hydrogen-bond donors (Lipinski definition) is 1. The maximum Gasteiger partial charge on any atom is 0.227 e. The zero-order chi connectivity index (χ0) is 17.0. The van der Waals surface area contributed by atoms with Gasteiger partial charge in [-0.1, -0.05) is 5.16 Å². The first-order valence-corrected chi connectivity index (χ1v) is 7.86. The number of amides is 1. The molecule has 0 spiro atoms. The number of hydrogen-bond acceptors (Lipinski definition) is 7. The molecule has 24 heavy (non-hydrogen) atoms. The lowest BCUT2D eigenvalue weighted by Gasteiger charge is -2.05. The molecule has 1 amide bonds. The summed E-state index contributed by atoms with van der Waals surface area (Å²) in [4.78, 5) is 20.0. The highest BCUT2D eigenvalue weighted by Crippen LogP contribution is 2.14. The zero-order valence-electron chi connectivity index (χ0n) is 13.7. The molecule has 2 rings (SSSR count). The second-order valence-electron chi connectivity index (χ2n) is 5.06. The number of carbonyl (C=O) groups is 1. The van der Waals surface area contributed by atoms with E-state index in [0.29, 0.717) is 50.9 Å². The minimum atomic E-state index is -0.0481. The summed E-state index contributed by atoms with van der Waals surface area (Å²) in [5, 5.41) is 6.72. The Morgan fingerprint density at radius 2 is 2.25 bits per heavy atom. The number of aromatic nitrogens is 3. The van der Waals surface area contributed by atoms with Crippen LogP contribution >= 0.6 is 0 Å². The summed E-state index contributed by atoms with van der Waals surface area (Å²) in [6, 6.07) is 3.65. The van der Waals surface area contributed by atoms with E-state index in [0.717, 1.165) is 12.0 Å². The number of pyridine rings is 1. The molecule has 130 valence electrons.